The minimum Gasteiger partial charge on any atom is -0.341 e. The summed E-state index contributed by atoms with van der Waals surface area (Å²) >= 11 is 1.89. The van der Waals surface area contributed by atoms with Crippen LogP contribution in [0, 0.1) is 0 Å². The topological polar surface area (TPSA) is 75.4 Å². The van der Waals surface area contributed by atoms with Crippen molar-refractivity contribution in [2.75, 3.05) is 29.9 Å². The van der Waals surface area contributed by atoms with Crippen LogP contribution in [-0.4, -0.2) is 47.4 Å². The molecule has 2 amide bonds. The number of rotatable bonds is 4. The molecule has 0 aliphatic carbocycles. The summed E-state index contributed by atoms with van der Waals surface area (Å²) < 4.78 is 0. The lowest BCUT2D eigenvalue weighted by Crippen LogP contribution is -2.38. The molecular weight excluding hydrogens is 286 g/mol. The number of hydrogen-bond acceptors (Lipinski definition) is 4. The largest absolute Gasteiger partial charge is 0.341 e. The lowest BCUT2D eigenvalue weighted by molar-refractivity contribution is -0.130. The van der Waals surface area contributed by atoms with Gasteiger partial charge in [0, 0.05) is 30.3 Å². The molecule has 0 aromatic heterocycles. The highest BCUT2D eigenvalue weighted by Gasteiger charge is 2.16. The van der Waals surface area contributed by atoms with Crippen LogP contribution in [0.2, 0.25) is 0 Å². The van der Waals surface area contributed by atoms with Gasteiger partial charge in [-0.25, -0.2) is 0 Å². The van der Waals surface area contributed by atoms with Crippen LogP contribution < -0.4 is 11.1 Å². The molecule has 0 bridgehead atoms. The lowest BCUT2D eigenvalue weighted by Gasteiger charge is -2.26. The van der Waals surface area contributed by atoms with E-state index in [1.807, 2.05) is 28.8 Å². The third-order valence-electron chi connectivity index (χ3n) is 3.35. The summed E-state index contributed by atoms with van der Waals surface area (Å²) in [6, 6.07) is 6.80. The fourth-order valence-electron chi connectivity index (χ4n) is 2.06. The number of benzene rings is 1. The fraction of sp³-hybridized carbons (Fsp3) is 0.467. The van der Waals surface area contributed by atoms with Crippen molar-refractivity contribution in [2.45, 2.75) is 19.4 Å². The number of thioether (sulfide) groups is 1. The lowest BCUT2D eigenvalue weighted by atomic mass is 10.1. The van der Waals surface area contributed by atoms with Gasteiger partial charge in [0.15, 0.2) is 0 Å². The molecule has 2 rings (SSSR count). The van der Waals surface area contributed by atoms with Gasteiger partial charge in [-0.05, 0) is 24.6 Å². The summed E-state index contributed by atoms with van der Waals surface area (Å²) in [5.74, 6) is 1.99. The van der Waals surface area contributed by atoms with Gasteiger partial charge in [-0.3, -0.25) is 9.59 Å². The number of amides is 2. The maximum Gasteiger partial charge on any atom is 0.240 e. The van der Waals surface area contributed by atoms with Gasteiger partial charge in [0.25, 0.3) is 0 Å². The van der Waals surface area contributed by atoms with Gasteiger partial charge in [-0.2, -0.15) is 11.8 Å². The van der Waals surface area contributed by atoms with E-state index in [1.165, 1.54) is 0 Å². The maximum absolute atomic E-state index is 12.1. The molecule has 3 N–H and O–H groups in total. The number of hydrogen-bond donors (Lipinski definition) is 2. The van der Waals surface area contributed by atoms with E-state index >= 15 is 0 Å². The van der Waals surface area contributed by atoms with Crippen molar-refractivity contribution in [3.05, 3.63) is 29.8 Å². The molecule has 0 radical (unpaired) electrons. The quantitative estimate of drug-likeness (QED) is 0.873. The summed E-state index contributed by atoms with van der Waals surface area (Å²) in [7, 11) is 0. The van der Waals surface area contributed by atoms with Gasteiger partial charge < -0.3 is 16.0 Å². The first-order valence-electron chi connectivity index (χ1n) is 7.07. The summed E-state index contributed by atoms with van der Waals surface area (Å²) in [6.07, 6.45) is 0.409. The van der Waals surface area contributed by atoms with E-state index in [-0.39, 0.29) is 11.8 Å². The standard InChI is InChI=1S/C15H21N3O2S/c1-11(16)15(20)17-13-4-2-12(3-5-13)10-14(19)18-6-8-21-9-7-18/h2-5,11H,6-10,16H2,1H3,(H,17,20)/t11-/m1/s1. The minimum absolute atomic E-state index is 0.169. The van der Waals surface area contributed by atoms with Crippen LogP contribution in [0.5, 0.6) is 0 Å². The van der Waals surface area contributed by atoms with Crippen LogP contribution in [0.15, 0.2) is 24.3 Å². The second-order valence-corrected chi connectivity index (χ2v) is 6.37. The Morgan fingerprint density at radius 1 is 1.29 bits per heavy atom. The van der Waals surface area contributed by atoms with Crippen LogP contribution >= 0.6 is 11.8 Å². The molecule has 1 aromatic carbocycles. The van der Waals surface area contributed by atoms with Crippen LogP contribution in [0.3, 0.4) is 0 Å². The van der Waals surface area contributed by atoms with Gasteiger partial charge in [-0.1, -0.05) is 12.1 Å². The van der Waals surface area contributed by atoms with Crippen LogP contribution in [0.1, 0.15) is 12.5 Å². The van der Waals surface area contributed by atoms with Crippen molar-refractivity contribution in [2.24, 2.45) is 5.73 Å². The zero-order chi connectivity index (χ0) is 15.2. The molecule has 21 heavy (non-hydrogen) atoms. The molecule has 1 heterocycles. The van der Waals surface area contributed by atoms with Gasteiger partial charge in [0.05, 0.1) is 12.5 Å². The van der Waals surface area contributed by atoms with Crippen molar-refractivity contribution in [3.63, 3.8) is 0 Å². The number of nitrogens with one attached hydrogen (secondary N) is 1. The molecule has 1 atom stereocenters. The van der Waals surface area contributed by atoms with E-state index in [1.54, 1.807) is 19.1 Å². The van der Waals surface area contributed by atoms with E-state index in [4.69, 9.17) is 5.73 Å². The van der Waals surface area contributed by atoms with Crippen LogP contribution in [0.25, 0.3) is 0 Å². The van der Waals surface area contributed by atoms with E-state index in [0.717, 1.165) is 30.2 Å². The monoisotopic (exact) mass is 307 g/mol. The Hall–Kier alpha value is -1.53. The first-order valence-corrected chi connectivity index (χ1v) is 8.22. The molecule has 1 fully saturated rings. The van der Waals surface area contributed by atoms with E-state index in [2.05, 4.69) is 5.32 Å². The first kappa shape index (κ1) is 15.9. The molecule has 1 aromatic rings. The highest BCUT2D eigenvalue weighted by atomic mass is 32.2. The second-order valence-electron chi connectivity index (χ2n) is 5.14. The average molecular weight is 307 g/mol. The fourth-order valence-corrected chi connectivity index (χ4v) is 2.96. The van der Waals surface area contributed by atoms with Crippen LogP contribution in [-0.2, 0) is 16.0 Å². The van der Waals surface area contributed by atoms with Crippen LogP contribution in [0.4, 0.5) is 5.69 Å². The van der Waals surface area contributed by atoms with E-state index < -0.39 is 6.04 Å². The number of carbonyl (C=O) groups excluding carboxylic acids is 2. The summed E-state index contributed by atoms with van der Waals surface area (Å²) in [6.45, 7) is 3.32. The predicted octanol–water partition coefficient (Wildman–Crippen LogP) is 1.09. The van der Waals surface area contributed by atoms with Gasteiger partial charge in [-0.15, -0.1) is 0 Å². The van der Waals surface area contributed by atoms with Crippen molar-refractivity contribution < 1.29 is 9.59 Å². The van der Waals surface area contributed by atoms with E-state index in [9.17, 15) is 9.59 Å². The normalized spacial score (nSPS) is 16.4. The van der Waals surface area contributed by atoms with Gasteiger partial charge >= 0.3 is 0 Å². The highest BCUT2D eigenvalue weighted by Crippen LogP contribution is 2.14. The number of anilines is 1. The van der Waals surface area contributed by atoms with Crippen molar-refractivity contribution >= 4 is 29.3 Å². The predicted molar refractivity (Wildman–Crippen MR) is 86.3 cm³/mol. The van der Waals surface area contributed by atoms with Crippen molar-refractivity contribution in [1.29, 1.82) is 0 Å². The molecule has 6 heteroatoms. The third-order valence-corrected chi connectivity index (χ3v) is 4.30. The smallest absolute Gasteiger partial charge is 0.240 e. The molecule has 0 saturated carbocycles. The zero-order valence-electron chi connectivity index (χ0n) is 12.2. The Labute approximate surface area is 129 Å². The SMILES string of the molecule is C[C@@H](N)C(=O)Nc1ccc(CC(=O)N2CCSCC2)cc1. The Balaban J connectivity index is 1.89. The third kappa shape index (κ3) is 4.75. The Morgan fingerprint density at radius 3 is 2.48 bits per heavy atom. The minimum atomic E-state index is -0.539. The molecule has 1 aliphatic rings. The summed E-state index contributed by atoms with van der Waals surface area (Å²) in [5.41, 5.74) is 7.15. The number of nitrogens with zero attached hydrogens (tertiary/aromatic N) is 1. The molecule has 1 aliphatic heterocycles. The first-order chi connectivity index (χ1) is 10.1. The maximum atomic E-state index is 12.1. The van der Waals surface area contributed by atoms with Crippen molar-refractivity contribution in [3.8, 4) is 0 Å². The Morgan fingerprint density at radius 2 is 1.90 bits per heavy atom. The molecule has 5 nitrogen and oxygen atoms in total. The number of nitrogens with two attached hydrogens (primary N) is 1. The van der Waals surface area contributed by atoms with Crippen molar-refractivity contribution in [1.82, 2.24) is 4.90 Å². The molecule has 0 spiro atoms. The van der Waals surface area contributed by atoms with Gasteiger partial charge in [0.2, 0.25) is 11.8 Å². The summed E-state index contributed by atoms with van der Waals surface area (Å²) in [4.78, 5) is 25.6. The summed E-state index contributed by atoms with van der Waals surface area (Å²) in [5, 5.41) is 2.72. The average Bonchev–Trinajstić information content (AvgIpc) is 2.50. The second kappa shape index (κ2) is 7.47. The number of carbonyl (C=O) groups is 2. The zero-order valence-corrected chi connectivity index (χ0v) is 13.0. The van der Waals surface area contributed by atoms with E-state index in [0.29, 0.717) is 12.1 Å². The molecule has 0 unspecified atom stereocenters. The molecule has 1 saturated heterocycles. The van der Waals surface area contributed by atoms with Gasteiger partial charge in [0.1, 0.15) is 0 Å². The molecular formula is C15H21N3O2S. The molecule has 114 valence electrons. The Kier molecular flexibility index (Phi) is 5.64. The highest BCUT2D eigenvalue weighted by molar-refractivity contribution is 7.99. The Bertz CT molecular complexity index is 496.